The highest BCUT2D eigenvalue weighted by Gasteiger charge is 2.36. The summed E-state index contributed by atoms with van der Waals surface area (Å²) < 4.78 is 5.47. The van der Waals surface area contributed by atoms with E-state index in [0.717, 1.165) is 0 Å². The summed E-state index contributed by atoms with van der Waals surface area (Å²) in [4.78, 5) is 12.0. The number of Topliss-reactive ketones (excluding diaryl/α,β-unsaturated/α-hetero) is 1. The van der Waals surface area contributed by atoms with Crippen molar-refractivity contribution < 1.29 is 29.6 Å². The van der Waals surface area contributed by atoms with Crippen LogP contribution in [-0.2, 0) is 6.42 Å². The number of hydrogen-bond acceptors (Lipinski definition) is 6. The normalized spacial score (nSPS) is 22.2. The van der Waals surface area contributed by atoms with Gasteiger partial charge in [0.25, 0.3) is 0 Å². The molecule has 6 nitrogen and oxygen atoms in total. The van der Waals surface area contributed by atoms with Crippen LogP contribution < -0.4 is 0 Å². The Labute approximate surface area is 116 Å². The number of ketones is 1. The highest BCUT2D eigenvalue weighted by atomic mass is 16.4. The molecule has 0 unspecified atom stereocenters. The minimum atomic E-state index is -1.57. The van der Waals surface area contributed by atoms with Gasteiger partial charge in [0.15, 0.2) is 5.78 Å². The van der Waals surface area contributed by atoms with Gasteiger partial charge in [-0.2, -0.15) is 0 Å². The predicted octanol–water partition coefficient (Wildman–Crippen LogP) is 0.182. The summed E-state index contributed by atoms with van der Waals surface area (Å²) in [5.74, 6) is 0.461. The van der Waals surface area contributed by atoms with E-state index >= 15 is 0 Å². The van der Waals surface area contributed by atoms with E-state index in [9.17, 15) is 20.1 Å². The van der Waals surface area contributed by atoms with Crippen molar-refractivity contribution in [1.82, 2.24) is 0 Å². The molecule has 0 bridgehead atoms. The maximum atomic E-state index is 12.0. The first-order valence-electron chi connectivity index (χ1n) is 6.56. The van der Waals surface area contributed by atoms with Crippen LogP contribution in [-0.4, -0.2) is 45.0 Å². The number of carbonyl (C=O) groups is 1. The standard InChI is InChI=1S/C14H20O6/c1-14(2)4-8(16)7-3-10(20-11(7)5-14)13(19)12(18)9(17)6-15/h3,9,12-13,15,17-19H,4-6H2,1-2H3/t9-,12-,13-/m1/s1. The monoisotopic (exact) mass is 284 g/mol. The number of fused-ring (bicyclic) bond motifs is 1. The van der Waals surface area contributed by atoms with Crippen molar-refractivity contribution in [3.05, 3.63) is 23.2 Å². The molecule has 1 aromatic heterocycles. The molecule has 2 rings (SSSR count). The highest BCUT2D eigenvalue weighted by Crippen LogP contribution is 2.37. The zero-order chi connectivity index (χ0) is 15.1. The molecule has 0 aromatic carbocycles. The maximum Gasteiger partial charge on any atom is 0.166 e. The number of hydrogen-bond donors (Lipinski definition) is 4. The molecular formula is C14H20O6. The average Bonchev–Trinajstić information content (AvgIpc) is 2.78. The van der Waals surface area contributed by atoms with Crippen LogP contribution in [0.2, 0.25) is 0 Å². The Morgan fingerprint density at radius 3 is 2.55 bits per heavy atom. The van der Waals surface area contributed by atoms with Crippen LogP contribution in [0.4, 0.5) is 0 Å². The van der Waals surface area contributed by atoms with Crippen LogP contribution in [0.3, 0.4) is 0 Å². The fourth-order valence-electron chi connectivity index (χ4n) is 2.48. The van der Waals surface area contributed by atoms with E-state index in [-0.39, 0.29) is 17.0 Å². The molecule has 0 amide bonds. The Balaban J connectivity index is 2.27. The lowest BCUT2D eigenvalue weighted by molar-refractivity contribution is -0.0839. The second-order valence-corrected chi connectivity index (χ2v) is 6.11. The van der Waals surface area contributed by atoms with Crippen LogP contribution >= 0.6 is 0 Å². The topological polar surface area (TPSA) is 111 Å². The number of aliphatic hydroxyl groups excluding tert-OH is 4. The summed E-state index contributed by atoms with van der Waals surface area (Å²) in [6, 6.07) is 1.41. The third-order valence-electron chi connectivity index (χ3n) is 3.60. The SMILES string of the molecule is CC1(C)CC(=O)c2cc([C@@H](O)[C@H](O)[C@H](O)CO)oc2C1. The Bertz CT molecular complexity index is 504. The molecule has 112 valence electrons. The van der Waals surface area contributed by atoms with Gasteiger partial charge in [-0.1, -0.05) is 13.8 Å². The molecule has 0 aliphatic heterocycles. The minimum Gasteiger partial charge on any atom is -0.462 e. The van der Waals surface area contributed by atoms with Gasteiger partial charge >= 0.3 is 0 Å². The van der Waals surface area contributed by atoms with Crippen molar-refractivity contribution in [3.8, 4) is 0 Å². The number of furan rings is 1. The second-order valence-electron chi connectivity index (χ2n) is 6.11. The number of aliphatic hydroxyl groups is 4. The summed E-state index contributed by atoms with van der Waals surface area (Å²) in [5.41, 5.74) is 0.219. The quantitative estimate of drug-likeness (QED) is 0.628. The van der Waals surface area contributed by atoms with Crippen LogP contribution in [0.1, 0.15) is 48.3 Å². The van der Waals surface area contributed by atoms with Gasteiger partial charge in [0.1, 0.15) is 29.8 Å². The highest BCUT2D eigenvalue weighted by molar-refractivity contribution is 5.98. The first-order valence-corrected chi connectivity index (χ1v) is 6.56. The lowest BCUT2D eigenvalue weighted by Gasteiger charge is -2.26. The van der Waals surface area contributed by atoms with Gasteiger partial charge in [0, 0.05) is 12.8 Å². The molecule has 20 heavy (non-hydrogen) atoms. The van der Waals surface area contributed by atoms with Gasteiger partial charge < -0.3 is 24.8 Å². The van der Waals surface area contributed by atoms with E-state index in [1.165, 1.54) is 6.07 Å². The van der Waals surface area contributed by atoms with Crippen LogP contribution in [0, 0.1) is 5.41 Å². The van der Waals surface area contributed by atoms with Crippen molar-refractivity contribution >= 4 is 5.78 Å². The van der Waals surface area contributed by atoms with Crippen molar-refractivity contribution in [3.63, 3.8) is 0 Å². The molecule has 0 saturated heterocycles. The van der Waals surface area contributed by atoms with E-state index in [1.54, 1.807) is 0 Å². The molecule has 1 heterocycles. The van der Waals surface area contributed by atoms with Gasteiger partial charge in [0.2, 0.25) is 0 Å². The fourth-order valence-corrected chi connectivity index (χ4v) is 2.48. The third kappa shape index (κ3) is 2.78. The zero-order valence-corrected chi connectivity index (χ0v) is 11.5. The largest absolute Gasteiger partial charge is 0.462 e. The summed E-state index contributed by atoms with van der Waals surface area (Å²) in [5, 5.41) is 37.7. The lowest BCUT2D eigenvalue weighted by Crippen LogP contribution is -2.34. The Morgan fingerprint density at radius 2 is 1.95 bits per heavy atom. The Hall–Kier alpha value is -1.21. The lowest BCUT2D eigenvalue weighted by atomic mass is 9.76. The molecule has 3 atom stereocenters. The zero-order valence-electron chi connectivity index (χ0n) is 11.5. The molecule has 1 aliphatic carbocycles. The first-order chi connectivity index (χ1) is 9.25. The van der Waals surface area contributed by atoms with Crippen LogP contribution in [0.25, 0.3) is 0 Å². The van der Waals surface area contributed by atoms with Gasteiger partial charge in [-0.05, 0) is 11.5 Å². The number of carbonyl (C=O) groups excluding carboxylic acids is 1. The molecule has 1 aromatic rings. The van der Waals surface area contributed by atoms with Gasteiger partial charge in [-0.3, -0.25) is 4.79 Å². The van der Waals surface area contributed by atoms with E-state index in [1.807, 2.05) is 13.8 Å². The fraction of sp³-hybridized carbons (Fsp3) is 0.643. The van der Waals surface area contributed by atoms with Crippen molar-refractivity contribution in [1.29, 1.82) is 0 Å². The maximum absolute atomic E-state index is 12.0. The molecule has 0 radical (unpaired) electrons. The first kappa shape index (κ1) is 15.2. The Morgan fingerprint density at radius 1 is 1.30 bits per heavy atom. The predicted molar refractivity (Wildman–Crippen MR) is 69.2 cm³/mol. The molecular weight excluding hydrogens is 264 g/mol. The molecule has 0 saturated carbocycles. The van der Waals surface area contributed by atoms with E-state index < -0.39 is 24.9 Å². The van der Waals surface area contributed by atoms with Crippen LogP contribution in [0.5, 0.6) is 0 Å². The van der Waals surface area contributed by atoms with Crippen LogP contribution in [0.15, 0.2) is 10.5 Å². The number of rotatable bonds is 4. The summed E-state index contributed by atoms with van der Waals surface area (Å²) in [6.07, 6.45) is -3.57. The summed E-state index contributed by atoms with van der Waals surface area (Å²) >= 11 is 0. The van der Waals surface area contributed by atoms with Crippen molar-refractivity contribution in [2.24, 2.45) is 5.41 Å². The second kappa shape index (κ2) is 5.29. The van der Waals surface area contributed by atoms with E-state index in [2.05, 4.69) is 0 Å². The minimum absolute atomic E-state index is 0.0288. The summed E-state index contributed by atoms with van der Waals surface area (Å²) in [7, 11) is 0. The molecule has 6 heteroatoms. The third-order valence-corrected chi connectivity index (χ3v) is 3.60. The van der Waals surface area contributed by atoms with E-state index in [4.69, 9.17) is 9.52 Å². The van der Waals surface area contributed by atoms with Crippen molar-refractivity contribution in [2.75, 3.05) is 6.61 Å². The smallest absolute Gasteiger partial charge is 0.166 e. The van der Waals surface area contributed by atoms with E-state index in [0.29, 0.717) is 24.2 Å². The average molecular weight is 284 g/mol. The Kier molecular flexibility index (Phi) is 4.02. The van der Waals surface area contributed by atoms with Crippen molar-refractivity contribution in [2.45, 2.75) is 45.0 Å². The molecule has 0 fully saturated rings. The summed E-state index contributed by atoms with van der Waals surface area (Å²) in [6.45, 7) is 3.23. The molecule has 4 N–H and O–H groups in total. The molecule has 0 spiro atoms. The van der Waals surface area contributed by atoms with Gasteiger partial charge in [-0.15, -0.1) is 0 Å². The van der Waals surface area contributed by atoms with Gasteiger partial charge in [0.05, 0.1) is 12.2 Å². The van der Waals surface area contributed by atoms with Gasteiger partial charge in [-0.25, -0.2) is 0 Å². The molecule has 1 aliphatic rings.